The lowest BCUT2D eigenvalue weighted by Crippen LogP contribution is -2.49. The normalized spacial score (nSPS) is 17.9. The van der Waals surface area contributed by atoms with E-state index in [1.807, 2.05) is 11.0 Å². The quantitative estimate of drug-likeness (QED) is 0.812. The van der Waals surface area contributed by atoms with Gasteiger partial charge in [0.15, 0.2) is 0 Å². The van der Waals surface area contributed by atoms with E-state index in [1.165, 1.54) is 25.3 Å². The van der Waals surface area contributed by atoms with Crippen molar-refractivity contribution in [2.45, 2.75) is 6.04 Å². The van der Waals surface area contributed by atoms with E-state index >= 15 is 0 Å². The number of benzene rings is 1. The first kappa shape index (κ1) is 16.5. The fraction of sp³-hybridized carbons (Fsp3) is 0.438. The van der Waals surface area contributed by atoms with Gasteiger partial charge >= 0.3 is 5.97 Å². The SMILES string of the molecule is C=CCN1CCN([C@H](C(=O)O)c2cc(F)ccc2OC)CC1. The van der Waals surface area contributed by atoms with Gasteiger partial charge in [-0.25, -0.2) is 4.39 Å². The lowest BCUT2D eigenvalue weighted by molar-refractivity contribution is -0.144. The molecule has 1 atom stereocenters. The van der Waals surface area contributed by atoms with E-state index in [-0.39, 0.29) is 0 Å². The summed E-state index contributed by atoms with van der Waals surface area (Å²) in [5.74, 6) is -1.07. The average Bonchev–Trinajstić information content (AvgIpc) is 2.49. The number of hydrogen-bond donors (Lipinski definition) is 1. The number of aliphatic carboxylic acids is 1. The van der Waals surface area contributed by atoms with Crippen molar-refractivity contribution in [3.63, 3.8) is 0 Å². The van der Waals surface area contributed by atoms with Gasteiger partial charge in [-0.2, -0.15) is 0 Å². The van der Waals surface area contributed by atoms with Gasteiger partial charge in [0.25, 0.3) is 0 Å². The molecule has 0 bridgehead atoms. The Morgan fingerprint density at radius 2 is 2.14 bits per heavy atom. The van der Waals surface area contributed by atoms with Crippen molar-refractivity contribution in [2.24, 2.45) is 0 Å². The molecule has 0 radical (unpaired) electrons. The Hall–Kier alpha value is -1.92. The standard InChI is InChI=1S/C16H21FN2O3/c1-3-6-18-7-9-19(10-8-18)15(16(20)21)13-11-12(17)4-5-14(13)22-2/h3-5,11,15H,1,6-10H2,2H3,(H,20,21)/t15-/m0/s1. The minimum atomic E-state index is -0.999. The number of rotatable bonds is 6. The van der Waals surface area contributed by atoms with Crippen LogP contribution in [0.25, 0.3) is 0 Å². The number of ether oxygens (including phenoxy) is 1. The lowest BCUT2D eigenvalue weighted by atomic mass is 10.0. The van der Waals surface area contributed by atoms with Crippen molar-refractivity contribution < 1.29 is 19.0 Å². The van der Waals surface area contributed by atoms with Gasteiger partial charge in [0.1, 0.15) is 17.6 Å². The highest BCUT2D eigenvalue weighted by atomic mass is 19.1. The Morgan fingerprint density at radius 3 is 2.68 bits per heavy atom. The molecule has 1 heterocycles. The molecule has 0 spiro atoms. The molecule has 5 nitrogen and oxygen atoms in total. The van der Waals surface area contributed by atoms with Gasteiger partial charge in [0.05, 0.1) is 7.11 Å². The molecule has 6 heteroatoms. The van der Waals surface area contributed by atoms with E-state index in [9.17, 15) is 14.3 Å². The number of carboxylic acids is 1. The minimum Gasteiger partial charge on any atom is -0.496 e. The second-order valence-corrected chi connectivity index (χ2v) is 5.25. The largest absolute Gasteiger partial charge is 0.496 e. The summed E-state index contributed by atoms with van der Waals surface area (Å²) >= 11 is 0. The Labute approximate surface area is 129 Å². The van der Waals surface area contributed by atoms with Gasteiger partial charge in [-0.1, -0.05) is 6.08 Å². The summed E-state index contributed by atoms with van der Waals surface area (Å²) in [6.45, 7) is 7.21. The summed E-state index contributed by atoms with van der Waals surface area (Å²) in [4.78, 5) is 15.8. The molecule has 120 valence electrons. The number of piperazine rings is 1. The topological polar surface area (TPSA) is 53.0 Å². The highest BCUT2D eigenvalue weighted by molar-refractivity contribution is 5.76. The van der Waals surface area contributed by atoms with Crippen LogP contribution in [0.5, 0.6) is 5.75 Å². The second kappa shape index (κ2) is 7.38. The third-order valence-corrected chi connectivity index (χ3v) is 3.88. The van der Waals surface area contributed by atoms with E-state index in [4.69, 9.17) is 4.74 Å². The molecule has 1 aromatic carbocycles. The minimum absolute atomic E-state index is 0.354. The van der Waals surface area contributed by atoms with E-state index in [2.05, 4.69) is 11.5 Å². The number of hydrogen-bond acceptors (Lipinski definition) is 4. The Morgan fingerprint density at radius 1 is 1.45 bits per heavy atom. The molecular weight excluding hydrogens is 287 g/mol. The summed E-state index contributed by atoms with van der Waals surface area (Å²) in [6.07, 6.45) is 1.83. The number of halogens is 1. The molecule has 1 aliphatic rings. The van der Waals surface area contributed by atoms with Gasteiger partial charge in [-0.3, -0.25) is 14.6 Å². The van der Waals surface area contributed by atoms with Crippen LogP contribution in [0.15, 0.2) is 30.9 Å². The third-order valence-electron chi connectivity index (χ3n) is 3.88. The zero-order chi connectivity index (χ0) is 16.1. The summed E-state index contributed by atoms with van der Waals surface area (Å²) in [7, 11) is 1.46. The van der Waals surface area contributed by atoms with E-state index in [0.717, 1.165) is 19.6 Å². The molecule has 0 aromatic heterocycles. The van der Waals surface area contributed by atoms with Crippen LogP contribution in [0, 0.1) is 5.82 Å². The molecule has 0 amide bonds. The zero-order valence-electron chi connectivity index (χ0n) is 12.7. The van der Waals surface area contributed by atoms with E-state index < -0.39 is 17.8 Å². The van der Waals surface area contributed by atoms with Crippen molar-refractivity contribution in [3.8, 4) is 5.75 Å². The summed E-state index contributed by atoms with van der Waals surface area (Å²) in [5.41, 5.74) is 0.354. The predicted octanol–water partition coefficient (Wildman–Crippen LogP) is 1.76. The van der Waals surface area contributed by atoms with Crippen LogP contribution in [0.2, 0.25) is 0 Å². The Bertz CT molecular complexity index is 542. The average molecular weight is 308 g/mol. The molecule has 2 rings (SSSR count). The van der Waals surface area contributed by atoms with Gasteiger partial charge in [0, 0.05) is 38.3 Å². The van der Waals surface area contributed by atoms with Gasteiger partial charge in [-0.05, 0) is 18.2 Å². The van der Waals surface area contributed by atoms with Crippen LogP contribution in [-0.4, -0.2) is 60.7 Å². The summed E-state index contributed by atoms with van der Waals surface area (Å²) in [6, 6.07) is 3.07. The molecule has 22 heavy (non-hydrogen) atoms. The summed E-state index contributed by atoms with van der Waals surface area (Å²) in [5, 5.41) is 9.61. The van der Waals surface area contributed by atoms with Crippen molar-refractivity contribution in [3.05, 3.63) is 42.2 Å². The maximum Gasteiger partial charge on any atom is 0.325 e. The lowest BCUT2D eigenvalue weighted by Gasteiger charge is -2.37. The van der Waals surface area contributed by atoms with Crippen LogP contribution in [0.4, 0.5) is 4.39 Å². The number of carboxylic acid groups (broad SMARTS) is 1. The Balaban J connectivity index is 2.23. The molecule has 1 N–H and O–H groups in total. The number of nitrogens with zero attached hydrogens (tertiary/aromatic N) is 2. The highest BCUT2D eigenvalue weighted by Crippen LogP contribution is 2.31. The molecule has 1 fully saturated rings. The fourth-order valence-corrected chi connectivity index (χ4v) is 2.79. The van der Waals surface area contributed by atoms with Gasteiger partial charge in [0.2, 0.25) is 0 Å². The molecule has 0 saturated carbocycles. The predicted molar refractivity (Wildman–Crippen MR) is 81.5 cm³/mol. The first-order chi connectivity index (χ1) is 10.6. The van der Waals surface area contributed by atoms with Crippen LogP contribution in [0.3, 0.4) is 0 Å². The van der Waals surface area contributed by atoms with Crippen molar-refractivity contribution in [1.82, 2.24) is 9.80 Å². The molecule has 0 aliphatic carbocycles. The maximum atomic E-state index is 13.6. The maximum absolute atomic E-state index is 13.6. The summed E-state index contributed by atoms with van der Waals surface area (Å²) < 4.78 is 18.8. The first-order valence-corrected chi connectivity index (χ1v) is 7.20. The highest BCUT2D eigenvalue weighted by Gasteiger charge is 2.32. The Kier molecular flexibility index (Phi) is 5.51. The van der Waals surface area contributed by atoms with E-state index in [1.54, 1.807) is 0 Å². The van der Waals surface area contributed by atoms with E-state index in [0.29, 0.717) is 24.4 Å². The van der Waals surface area contributed by atoms with Crippen LogP contribution < -0.4 is 4.74 Å². The first-order valence-electron chi connectivity index (χ1n) is 7.20. The molecule has 0 unspecified atom stereocenters. The van der Waals surface area contributed by atoms with Crippen LogP contribution in [-0.2, 0) is 4.79 Å². The van der Waals surface area contributed by atoms with Gasteiger partial charge < -0.3 is 9.84 Å². The van der Waals surface area contributed by atoms with Crippen LogP contribution >= 0.6 is 0 Å². The molecule has 1 aromatic rings. The monoisotopic (exact) mass is 308 g/mol. The molecular formula is C16H21FN2O3. The van der Waals surface area contributed by atoms with Crippen LogP contribution in [0.1, 0.15) is 11.6 Å². The third kappa shape index (κ3) is 3.64. The van der Waals surface area contributed by atoms with Gasteiger partial charge in [-0.15, -0.1) is 6.58 Å². The number of carbonyl (C=O) groups is 1. The second-order valence-electron chi connectivity index (χ2n) is 5.25. The van der Waals surface area contributed by atoms with Crippen molar-refractivity contribution >= 4 is 5.97 Å². The fourth-order valence-electron chi connectivity index (χ4n) is 2.79. The zero-order valence-corrected chi connectivity index (χ0v) is 12.7. The number of methoxy groups -OCH3 is 1. The smallest absolute Gasteiger partial charge is 0.325 e. The molecule has 1 saturated heterocycles. The van der Waals surface area contributed by atoms with Crippen molar-refractivity contribution in [2.75, 3.05) is 39.8 Å². The molecule has 1 aliphatic heterocycles. The van der Waals surface area contributed by atoms with Crippen molar-refractivity contribution in [1.29, 1.82) is 0 Å².